The quantitative estimate of drug-likeness (QED) is 0.802. The average molecular weight is 303 g/mol. The van der Waals surface area contributed by atoms with Gasteiger partial charge in [0.25, 0.3) is 0 Å². The lowest BCUT2D eigenvalue weighted by Gasteiger charge is -1.99. The third-order valence-electron chi connectivity index (χ3n) is 3.01. The van der Waals surface area contributed by atoms with E-state index in [2.05, 4.69) is 15.3 Å². The fraction of sp³-hybridized carbons (Fsp3) is 0.214. The van der Waals surface area contributed by atoms with E-state index >= 15 is 0 Å². The first kappa shape index (κ1) is 13.6. The van der Waals surface area contributed by atoms with Crippen LogP contribution >= 0.6 is 11.3 Å². The molecule has 0 saturated carbocycles. The van der Waals surface area contributed by atoms with Crippen molar-refractivity contribution in [2.45, 2.75) is 13.3 Å². The number of amides is 1. The molecule has 3 rings (SSSR count). The number of anilines is 1. The van der Waals surface area contributed by atoms with E-state index in [4.69, 9.17) is 9.15 Å². The molecule has 108 valence electrons. The summed E-state index contributed by atoms with van der Waals surface area (Å²) in [4.78, 5) is 20.3. The van der Waals surface area contributed by atoms with Crippen LogP contribution in [0.25, 0.3) is 10.2 Å². The Kier molecular flexibility index (Phi) is 3.57. The minimum absolute atomic E-state index is 0.144. The zero-order valence-electron chi connectivity index (χ0n) is 11.5. The van der Waals surface area contributed by atoms with Gasteiger partial charge in [-0.15, -0.1) is 0 Å². The van der Waals surface area contributed by atoms with Gasteiger partial charge in [-0.1, -0.05) is 11.3 Å². The number of nitrogens with one attached hydrogen (secondary N) is 1. The molecule has 0 spiro atoms. The summed E-state index contributed by atoms with van der Waals surface area (Å²) in [6.45, 7) is 1.80. The van der Waals surface area contributed by atoms with Crippen molar-refractivity contribution in [3.63, 3.8) is 0 Å². The Hall–Kier alpha value is -2.41. The molecule has 1 aromatic carbocycles. The third-order valence-corrected chi connectivity index (χ3v) is 3.94. The van der Waals surface area contributed by atoms with Crippen LogP contribution < -0.4 is 10.1 Å². The highest BCUT2D eigenvalue weighted by Crippen LogP contribution is 2.29. The number of aryl methyl sites for hydroxylation is 1. The lowest BCUT2D eigenvalue weighted by molar-refractivity contribution is -0.115. The Morgan fingerprint density at radius 3 is 3.05 bits per heavy atom. The largest absolute Gasteiger partial charge is 0.497 e. The van der Waals surface area contributed by atoms with Gasteiger partial charge in [-0.3, -0.25) is 4.79 Å². The van der Waals surface area contributed by atoms with Crippen LogP contribution in [-0.2, 0) is 11.2 Å². The molecule has 3 aromatic rings. The zero-order valence-corrected chi connectivity index (χ0v) is 12.4. The van der Waals surface area contributed by atoms with E-state index in [1.165, 1.54) is 17.7 Å². The molecule has 0 aliphatic rings. The van der Waals surface area contributed by atoms with E-state index in [0.717, 1.165) is 21.7 Å². The highest BCUT2D eigenvalue weighted by atomic mass is 32.1. The van der Waals surface area contributed by atoms with Gasteiger partial charge in [0, 0.05) is 0 Å². The average Bonchev–Trinajstić information content (AvgIpc) is 3.04. The van der Waals surface area contributed by atoms with Gasteiger partial charge in [0.2, 0.25) is 5.91 Å². The number of methoxy groups -OCH3 is 1. The van der Waals surface area contributed by atoms with Gasteiger partial charge in [0.05, 0.1) is 29.4 Å². The molecule has 0 aliphatic carbocycles. The number of aromatic nitrogens is 2. The van der Waals surface area contributed by atoms with Crippen LogP contribution in [0, 0.1) is 6.92 Å². The fourth-order valence-electron chi connectivity index (χ4n) is 1.89. The minimum Gasteiger partial charge on any atom is -0.497 e. The first-order valence-corrected chi connectivity index (χ1v) is 7.11. The third kappa shape index (κ3) is 2.87. The number of carbonyl (C=O) groups excluding carboxylic acids is 1. The van der Waals surface area contributed by atoms with Crippen LogP contribution in [0.2, 0.25) is 0 Å². The minimum atomic E-state index is -0.180. The van der Waals surface area contributed by atoms with E-state index in [1.54, 1.807) is 14.0 Å². The summed E-state index contributed by atoms with van der Waals surface area (Å²) in [7, 11) is 1.62. The molecule has 7 heteroatoms. The molecule has 21 heavy (non-hydrogen) atoms. The number of ether oxygens (including phenoxy) is 1. The summed E-state index contributed by atoms with van der Waals surface area (Å²) in [5.74, 6) is 1.15. The fourth-order valence-corrected chi connectivity index (χ4v) is 2.80. The summed E-state index contributed by atoms with van der Waals surface area (Å²) in [6.07, 6.45) is 1.48. The topological polar surface area (TPSA) is 77.2 Å². The molecule has 1 N–H and O–H groups in total. The van der Waals surface area contributed by atoms with Crippen LogP contribution in [0.15, 0.2) is 29.0 Å². The van der Waals surface area contributed by atoms with E-state index in [1.807, 2.05) is 18.2 Å². The lowest BCUT2D eigenvalue weighted by Crippen LogP contribution is -2.14. The number of benzene rings is 1. The van der Waals surface area contributed by atoms with Gasteiger partial charge in [-0.25, -0.2) is 9.97 Å². The second kappa shape index (κ2) is 5.53. The lowest BCUT2D eigenvalue weighted by atomic mass is 10.3. The Balaban J connectivity index is 1.75. The molecule has 0 fully saturated rings. The van der Waals surface area contributed by atoms with Crippen LogP contribution in [0.4, 0.5) is 5.13 Å². The molecule has 6 nitrogen and oxygen atoms in total. The van der Waals surface area contributed by atoms with Gasteiger partial charge in [0.15, 0.2) is 11.5 Å². The number of hydrogen-bond donors (Lipinski definition) is 1. The summed E-state index contributed by atoms with van der Waals surface area (Å²) >= 11 is 1.40. The normalized spacial score (nSPS) is 10.8. The standard InChI is InChI=1S/C14H13N3O3S/c1-8-11(20-7-15-8)6-13(18)17-14-16-10-4-3-9(19-2)5-12(10)21-14/h3-5,7H,6H2,1-2H3,(H,16,17,18). The Morgan fingerprint density at radius 2 is 2.33 bits per heavy atom. The summed E-state index contributed by atoms with van der Waals surface area (Å²) < 4.78 is 11.3. The van der Waals surface area contributed by atoms with Crippen LogP contribution in [0.1, 0.15) is 11.5 Å². The molecule has 0 radical (unpaired) electrons. The van der Waals surface area contributed by atoms with Crippen LogP contribution in [-0.4, -0.2) is 23.0 Å². The summed E-state index contributed by atoms with van der Waals surface area (Å²) in [5, 5.41) is 3.33. The molecule has 0 bridgehead atoms. The number of fused-ring (bicyclic) bond motifs is 1. The number of thiazole rings is 1. The molecule has 0 atom stereocenters. The van der Waals surface area contributed by atoms with Crippen molar-refractivity contribution < 1.29 is 13.9 Å². The predicted molar refractivity (Wildman–Crippen MR) is 79.7 cm³/mol. The first-order valence-electron chi connectivity index (χ1n) is 6.29. The highest BCUT2D eigenvalue weighted by Gasteiger charge is 2.12. The van der Waals surface area contributed by atoms with Crippen molar-refractivity contribution >= 4 is 32.6 Å². The second-order valence-corrected chi connectivity index (χ2v) is 5.47. The van der Waals surface area contributed by atoms with Crippen molar-refractivity contribution in [1.82, 2.24) is 9.97 Å². The van der Waals surface area contributed by atoms with Crippen molar-refractivity contribution in [2.24, 2.45) is 0 Å². The molecule has 0 unspecified atom stereocenters. The number of rotatable bonds is 4. The van der Waals surface area contributed by atoms with Gasteiger partial charge >= 0.3 is 0 Å². The van der Waals surface area contributed by atoms with Crippen molar-refractivity contribution in [2.75, 3.05) is 12.4 Å². The summed E-state index contributed by atoms with van der Waals surface area (Å²) in [6, 6.07) is 5.59. The van der Waals surface area contributed by atoms with Crippen LogP contribution in [0.3, 0.4) is 0 Å². The first-order chi connectivity index (χ1) is 10.2. The van der Waals surface area contributed by atoms with E-state index in [9.17, 15) is 4.79 Å². The zero-order chi connectivity index (χ0) is 14.8. The van der Waals surface area contributed by atoms with Crippen LogP contribution in [0.5, 0.6) is 5.75 Å². The molecular weight excluding hydrogens is 290 g/mol. The van der Waals surface area contributed by atoms with Gasteiger partial charge in [-0.2, -0.15) is 0 Å². The maximum Gasteiger partial charge on any atom is 0.233 e. The molecule has 2 aromatic heterocycles. The summed E-state index contributed by atoms with van der Waals surface area (Å²) in [5.41, 5.74) is 1.55. The Morgan fingerprint density at radius 1 is 1.48 bits per heavy atom. The Labute approximate surface area is 124 Å². The monoisotopic (exact) mass is 303 g/mol. The molecule has 0 saturated heterocycles. The van der Waals surface area contributed by atoms with Gasteiger partial charge in [-0.05, 0) is 25.1 Å². The van der Waals surface area contributed by atoms with E-state index in [0.29, 0.717) is 10.9 Å². The van der Waals surface area contributed by atoms with Crippen molar-refractivity contribution in [1.29, 1.82) is 0 Å². The maximum absolute atomic E-state index is 12.0. The smallest absolute Gasteiger partial charge is 0.233 e. The van der Waals surface area contributed by atoms with Crippen molar-refractivity contribution in [3.05, 3.63) is 36.0 Å². The maximum atomic E-state index is 12.0. The second-order valence-electron chi connectivity index (χ2n) is 4.44. The highest BCUT2D eigenvalue weighted by molar-refractivity contribution is 7.22. The molecule has 1 amide bonds. The number of carbonyl (C=O) groups is 1. The molecule has 0 aliphatic heterocycles. The van der Waals surface area contributed by atoms with Gasteiger partial charge in [0.1, 0.15) is 11.5 Å². The number of oxazole rings is 1. The number of hydrogen-bond acceptors (Lipinski definition) is 6. The van der Waals surface area contributed by atoms with E-state index in [-0.39, 0.29) is 12.3 Å². The predicted octanol–water partition coefficient (Wildman–Crippen LogP) is 2.78. The van der Waals surface area contributed by atoms with E-state index < -0.39 is 0 Å². The SMILES string of the molecule is COc1ccc2nc(NC(=O)Cc3ocnc3C)sc2c1. The number of nitrogens with zero attached hydrogens (tertiary/aromatic N) is 2. The van der Waals surface area contributed by atoms with Crippen molar-refractivity contribution in [3.8, 4) is 5.75 Å². The van der Waals surface area contributed by atoms with Gasteiger partial charge < -0.3 is 14.5 Å². The molecule has 2 heterocycles. The Bertz CT molecular complexity index is 794. The molecular formula is C14H13N3O3S.